The molecule has 0 saturated heterocycles. The number of carboxylic acid groups (broad SMARTS) is 2. The SMILES string of the molecule is O=C(O)C1C2CC(C(Br)C2O)C1C(=O)O. The highest BCUT2D eigenvalue weighted by Crippen LogP contribution is 2.54. The summed E-state index contributed by atoms with van der Waals surface area (Å²) in [4.78, 5) is 21.7. The smallest absolute Gasteiger partial charge is 0.307 e. The molecule has 2 rings (SSSR count). The maximum Gasteiger partial charge on any atom is 0.307 e. The molecule has 2 fully saturated rings. The van der Waals surface area contributed by atoms with Gasteiger partial charge in [-0.3, -0.25) is 9.59 Å². The molecule has 6 heteroatoms. The summed E-state index contributed by atoms with van der Waals surface area (Å²) < 4.78 is 0. The first kappa shape index (κ1) is 10.9. The summed E-state index contributed by atoms with van der Waals surface area (Å²) in [6, 6.07) is 0. The minimum absolute atomic E-state index is 0.274. The molecule has 0 radical (unpaired) electrons. The summed E-state index contributed by atoms with van der Waals surface area (Å²) in [5.41, 5.74) is 0. The first-order valence-corrected chi connectivity index (χ1v) is 5.64. The highest BCUT2D eigenvalue weighted by atomic mass is 79.9. The Morgan fingerprint density at radius 2 is 1.53 bits per heavy atom. The third-order valence-corrected chi connectivity index (χ3v) is 4.82. The summed E-state index contributed by atoms with van der Waals surface area (Å²) in [6.07, 6.45) is -0.267. The fraction of sp³-hybridized carbons (Fsp3) is 0.778. The Hall–Kier alpha value is -0.620. The van der Waals surface area contributed by atoms with Crippen LogP contribution >= 0.6 is 15.9 Å². The summed E-state index contributed by atoms with van der Waals surface area (Å²) in [5.74, 6) is -4.72. The molecule has 0 aromatic rings. The van der Waals surface area contributed by atoms with Gasteiger partial charge in [0.15, 0.2) is 0 Å². The molecule has 2 saturated carbocycles. The van der Waals surface area contributed by atoms with Crippen LogP contribution in [0, 0.1) is 23.7 Å². The normalized spacial score (nSPS) is 48.1. The fourth-order valence-electron chi connectivity index (χ4n) is 2.98. The number of alkyl halides is 1. The zero-order chi connectivity index (χ0) is 11.3. The van der Waals surface area contributed by atoms with Crippen molar-refractivity contribution >= 4 is 27.9 Å². The van der Waals surface area contributed by atoms with Crippen LogP contribution in [-0.2, 0) is 9.59 Å². The molecular formula is C9H11BrO5. The predicted molar refractivity (Wildman–Crippen MR) is 52.6 cm³/mol. The minimum atomic E-state index is -1.12. The second-order valence-corrected chi connectivity index (χ2v) is 5.28. The van der Waals surface area contributed by atoms with Gasteiger partial charge in [-0.25, -0.2) is 0 Å². The van der Waals surface area contributed by atoms with Gasteiger partial charge < -0.3 is 15.3 Å². The van der Waals surface area contributed by atoms with Gasteiger partial charge in [0, 0.05) is 10.7 Å². The Morgan fingerprint density at radius 3 is 2.00 bits per heavy atom. The molecule has 3 N–H and O–H groups in total. The van der Waals surface area contributed by atoms with E-state index < -0.39 is 35.8 Å². The molecule has 0 amide bonds. The van der Waals surface area contributed by atoms with Crippen molar-refractivity contribution in [2.45, 2.75) is 17.4 Å². The number of carboxylic acids is 2. The molecule has 6 unspecified atom stereocenters. The molecule has 2 aliphatic rings. The third-order valence-electron chi connectivity index (χ3n) is 3.60. The highest BCUT2D eigenvalue weighted by Gasteiger charge is 2.62. The molecule has 0 spiro atoms. The van der Waals surface area contributed by atoms with Crippen molar-refractivity contribution in [1.82, 2.24) is 0 Å². The molecule has 0 heterocycles. The maximum absolute atomic E-state index is 11.0. The van der Waals surface area contributed by atoms with E-state index >= 15 is 0 Å². The second kappa shape index (κ2) is 3.45. The van der Waals surface area contributed by atoms with E-state index in [4.69, 9.17) is 10.2 Å². The van der Waals surface area contributed by atoms with Crippen molar-refractivity contribution in [3.8, 4) is 0 Å². The van der Waals surface area contributed by atoms with Gasteiger partial charge >= 0.3 is 11.9 Å². The lowest BCUT2D eigenvalue weighted by atomic mass is 9.78. The topological polar surface area (TPSA) is 94.8 Å². The van der Waals surface area contributed by atoms with E-state index in [1.807, 2.05) is 0 Å². The van der Waals surface area contributed by atoms with Gasteiger partial charge in [0.25, 0.3) is 0 Å². The van der Waals surface area contributed by atoms with E-state index in [-0.39, 0.29) is 10.7 Å². The van der Waals surface area contributed by atoms with Crippen LogP contribution in [0.1, 0.15) is 6.42 Å². The first-order chi connectivity index (χ1) is 6.95. The lowest BCUT2D eigenvalue weighted by Crippen LogP contribution is -2.45. The molecule has 15 heavy (non-hydrogen) atoms. The summed E-state index contributed by atoms with van der Waals surface area (Å²) in [6.45, 7) is 0. The Morgan fingerprint density at radius 1 is 1.07 bits per heavy atom. The number of aliphatic carboxylic acids is 2. The molecule has 5 nitrogen and oxygen atoms in total. The van der Waals surface area contributed by atoms with Crippen LogP contribution in [0.4, 0.5) is 0 Å². The second-order valence-electron chi connectivity index (χ2n) is 4.23. The highest BCUT2D eigenvalue weighted by molar-refractivity contribution is 9.09. The van der Waals surface area contributed by atoms with E-state index in [9.17, 15) is 14.7 Å². The number of carbonyl (C=O) groups is 2. The quantitative estimate of drug-likeness (QED) is 0.626. The molecular weight excluding hydrogens is 268 g/mol. The van der Waals surface area contributed by atoms with Crippen molar-refractivity contribution in [3.63, 3.8) is 0 Å². The van der Waals surface area contributed by atoms with Crippen molar-refractivity contribution in [2.75, 3.05) is 0 Å². The predicted octanol–water partition coefficient (Wildman–Crippen LogP) is 0.162. The molecule has 2 bridgehead atoms. The maximum atomic E-state index is 11.0. The standard InChI is InChI=1S/C9H11BrO5/c10-6-2-1-3(7(6)11)5(9(14)15)4(2)8(12)13/h2-7,11H,1H2,(H,12,13)(H,14,15). The van der Waals surface area contributed by atoms with Crippen molar-refractivity contribution in [1.29, 1.82) is 0 Å². The number of fused-ring (bicyclic) bond motifs is 2. The van der Waals surface area contributed by atoms with Crippen LogP contribution in [0.3, 0.4) is 0 Å². The molecule has 0 aromatic heterocycles. The van der Waals surface area contributed by atoms with Crippen LogP contribution in [0.15, 0.2) is 0 Å². The van der Waals surface area contributed by atoms with E-state index in [1.165, 1.54) is 0 Å². The Balaban J connectivity index is 2.32. The monoisotopic (exact) mass is 278 g/mol. The van der Waals surface area contributed by atoms with E-state index in [0.717, 1.165) is 0 Å². The van der Waals surface area contributed by atoms with Crippen LogP contribution in [0.5, 0.6) is 0 Å². The van der Waals surface area contributed by atoms with Gasteiger partial charge in [0.05, 0.1) is 17.9 Å². The van der Waals surface area contributed by atoms with Gasteiger partial charge in [-0.1, -0.05) is 15.9 Å². The van der Waals surface area contributed by atoms with Gasteiger partial charge in [-0.2, -0.15) is 0 Å². The zero-order valence-electron chi connectivity index (χ0n) is 7.71. The fourth-order valence-corrected chi connectivity index (χ4v) is 3.92. The average molecular weight is 279 g/mol. The number of halogens is 1. The van der Waals surface area contributed by atoms with Crippen molar-refractivity contribution in [2.24, 2.45) is 23.7 Å². The zero-order valence-corrected chi connectivity index (χ0v) is 9.29. The van der Waals surface area contributed by atoms with Gasteiger partial charge in [0.2, 0.25) is 0 Å². The lowest BCUT2D eigenvalue weighted by molar-refractivity contribution is -0.158. The van der Waals surface area contributed by atoms with Gasteiger partial charge in [-0.05, 0) is 12.3 Å². The molecule has 6 atom stereocenters. The van der Waals surface area contributed by atoms with E-state index in [1.54, 1.807) is 0 Å². The Kier molecular flexibility index (Phi) is 2.50. The molecule has 84 valence electrons. The average Bonchev–Trinajstić information content (AvgIpc) is 2.64. The first-order valence-electron chi connectivity index (χ1n) is 4.73. The third kappa shape index (κ3) is 1.38. The Bertz CT molecular complexity index is 288. The van der Waals surface area contributed by atoms with Crippen molar-refractivity contribution in [3.05, 3.63) is 0 Å². The lowest BCUT2D eigenvalue weighted by Gasteiger charge is -2.31. The minimum Gasteiger partial charge on any atom is -0.481 e. The summed E-state index contributed by atoms with van der Waals surface area (Å²) in [7, 11) is 0. The van der Waals surface area contributed by atoms with Gasteiger partial charge in [-0.15, -0.1) is 0 Å². The van der Waals surface area contributed by atoms with Crippen LogP contribution in [0.25, 0.3) is 0 Å². The van der Waals surface area contributed by atoms with E-state index in [0.29, 0.717) is 6.42 Å². The number of hydrogen-bond acceptors (Lipinski definition) is 3. The van der Waals surface area contributed by atoms with Crippen LogP contribution < -0.4 is 0 Å². The number of aliphatic hydroxyl groups excluding tert-OH is 1. The van der Waals surface area contributed by atoms with Crippen molar-refractivity contribution < 1.29 is 24.9 Å². The number of hydrogen-bond donors (Lipinski definition) is 3. The summed E-state index contributed by atoms with van der Waals surface area (Å²) in [5, 5.41) is 27.7. The molecule has 0 aliphatic heterocycles. The Labute approximate surface area is 94.2 Å². The molecule has 2 aliphatic carbocycles. The van der Waals surface area contributed by atoms with Crippen LogP contribution in [-0.4, -0.2) is 38.2 Å². The number of rotatable bonds is 2. The molecule has 0 aromatic carbocycles. The van der Waals surface area contributed by atoms with E-state index in [2.05, 4.69) is 15.9 Å². The van der Waals surface area contributed by atoms with Crippen LogP contribution in [0.2, 0.25) is 0 Å². The largest absolute Gasteiger partial charge is 0.481 e. The summed E-state index contributed by atoms with van der Waals surface area (Å²) >= 11 is 3.24. The van der Waals surface area contributed by atoms with Gasteiger partial charge in [0.1, 0.15) is 0 Å². The number of aliphatic hydroxyl groups is 1.